The number of hydrogen-bond donors (Lipinski definition) is 0. The lowest BCUT2D eigenvalue weighted by atomic mass is 10.2. The summed E-state index contributed by atoms with van der Waals surface area (Å²) in [6.07, 6.45) is 0. The maximum absolute atomic E-state index is 10.8. The van der Waals surface area contributed by atoms with Gasteiger partial charge >= 0.3 is 5.69 Å². The fourth-order valence-corrected chi connectivity index (χ4v) is 1.17. The molecule has 6 heteroatoms. The van der Waals surface area contributed by atoms with Gasteiger partial charge in [-0.3, -0.25) is 10.1 Å². The molecular formula is C9H11NO5. The number of rotatable bonds is 4. The van der Waals surface area contributed by atoms with Gasteiger partial charge in [-0.2, -0.15) is 0 Å². The summed E-state index contributed by atoms with van der Waals surface area (Å²) in [5, 5.41) is 10.8. The van der Waals surface area contributed by atoms with E-state index in [4.69, 9.17) is 14.2 Å². The Morgan fingerprint density at radius 3 is 1.80 bits per heavy atom. The van der Waals surface area contributed by atoms with E-state index in [2.05, 4.69) is 0 Å². The van der Waals surface area contributed by atoms with Crippen molar-refractivity contribution in [1.82, 2.24) is 0 Å². The maximum Gasteiger partial charge on any atom is 0.352 e. The molecule has 0 aliphatic heterocycles. The molecule has 1 aromatic rings. The number of methoxy groups -OCH3 is 3. The zero-order valence-corrected chi connectivity index (χ0v) is 8.64. The maximum atomic E-state index is 10.8. The third kappa shape index (κ3) is 2.09. The summed E-state index contributed by atoms with van der Waals surface area (Å²) < 4.78 is 14.7. The van der Waals surface area contributed by atoms with Crippen LogP contribution in [0.25, 0.3) is 0 Å². The lowest BCUT2D eigenvalue weighted by molar-refractivity contribution is -0.386. The first kappa shape index (κ1) is 11.1. The molecule has 1 aromatic carbocycles. The molecule has 0 saturated heterocycles. The van der Waals surface area contributed by atoms with Gasteiger partial charge in [0.25, 0.3) is 0 Å². The molecular weight excluding hydrogens is 202 g/mol. The van der Waals surface area contributed by atoms with Crippen molar-refractivity contribution in [2.24, 2.45) is 0 Å². The van der Waals surface area contributed by atoms with Crippen molar-refractivity contribution in [3.63, 3.8) is 0 Å². The van der Waals surface area contributed by atoms with Crippen molar-refractivity contribution >= 4 is 5.69 Å². The number of nitro groups is 1. The van der Waals surface area contributed by atoms with Gasteiger partial charge in [-0.25, -0.2) is 0 Å². The van der Waals surface area contributed by atoms with Gasteiger partial charge in [-0.15, -0.1) is 0 Å². The summed E-state index contributed by atoms with van der Waals surface area (Å²) in [6.45, 7) is 0. The molecule has 0 radical (unpaired) electrons. The number of nitrogens with zero attached hydrogens (tertiary/aromatic N) is 1. The zero-order chi connectivity index (χ0) is 11.4. The van der Waals surface area contributed by atoms with E-state index in [1.807, 2.05) is 0 Å². The second-order valence-corrected chi connectivity index (χ2v) is 2.64. The molecule has 0 atom stereocenters. The van der Waals surface area contributed by atoms with Crippen molar-refractivity contribution in [1.29, 1.82) is 0 Å². The van der Waals surface area contributed by atoms with Crippen molar-refractivity contribution in [3.8, 4) is 17.2 Å². The molecule has 0 fully saturated rings. The monoisotopic (exact) mass is 213 g/mol. The van der Waals surface area contributed by atoms with E-state index in [9.17, 15) is 10.1 Å². The van der Waals surface area contributed by atoms with Gasteiger partial charge in [-0.05, 0) is 0 Å². The Morgan fingerprint density at radius 1 is 1.07 bits per heavy atom. The molecule has 0 aliphatic rings. The van der Waals surface area contributed by atoms with E-state index in [0.29, 0.717) is 5.75 Å². The molecule has 0 heterocycles. The molecule has 0 aromatic heterocycles. The van der Waals surface area contributed by atoms with Crippen LogP contribution in [-0.2, 0) is 0 Å². The van der Waals surface area contributed by atoms with E-state index in [1.165, 1.54) is 33.5 Å². The van der Waals surface area contributed by atoms with Gasteiger partial charge < -0.3 is 14.2 Å². The second kappa shape index (κ2) is 4.50. The largest absolute Gasteiger partial charge is 0.496 e. The van der Waals surface area contributed by atoms with Crippen LogP contribution >= 0.6 is 0 Å². The molecule has 0 bridgehead atoms. The van der Waals surface area contributed by atoms with Gasteiger partial charge in [0.05, 0.1) is 26.3 Å². The molecule has 6 nitrogen and oxygen atoms in total. The number of hydrogen-bond acceptors (Lipinski definition) is 5. The van der Waals surface area contributed by atoms with Crippen LogP contribution in [-0.4, -0.2) is 26.3 Å². The highest BCUT2D eigenvalue weighted by atomic mass is 16.6. The summed E-state index contributed by atoms with van der Waals surface area (Å²) in [5.74, 6) is 0.654. The minimum atomic E-state index is -0.558. The van der Waals surface area contributed by atoms with Crippen molar-refractivity contribution in [2.45, 2.75) is 0 Å². The van der Waals surface area contributed by atoms with E-state index >= 15 is 0 Å². The topological polar surface area (TPSA) is 70.8 Å². The second-order valence-electron chi connectivity index (χ2n) is 2.64. The Hall–Kier alpha value is -1.98. The smallest absolute Gasteiger partial charge is 0.352 e. The first-order valence-corrected chi connectivity index (χ1v) is 4.08. The van der Waals surface area contributed by atoms with Crippen molar-refractivity contribution in [2.75, 3.05) is 21.3 Å². The molecule has 0 amide bonds. The van der Waals surface area contributed by atoms with Crippen LogP contribution in [0, 0.1) is 10.1 Å². The Bertz CT molecular complexity index is 352. The van der Waals surface area contributed by atoms with Gasteiger partial charge in [-0.1, -0.05) is 0 Å². The van der Waals surface area contributed by atoms with Gasteiger partial charge in [0.1, 0.15) is 5.75 Å². The Balaban J connectivity index is 3.39. The first-order valence-electron chi connectivity index (χ1n) is 4.08. The first-order chi connectivity index (χ1) is 7.13. The predicted octanol–water partition coefficient (Wildman–Crippen LogP) is 1.62. The van der Waals surface area contributed by atoms with E-state index in [0.717, 1.165) is 0 Å². The molecule has 0 N–H and O–H groups in total. The molecule has 0 unspecified atom stereocenters. The minimum Gasteiger partial charge on any atom is -0.496 e. The number of nitro benzene ring substituents is 1. The molecule has 0 spiro atoms. The fourth-order valence-electron chi connectivity index (χ4n) is 1.17. The van der Waals surface area contributed by atoms with Gasteiger partial charge in [0.2, 0.25) is 11.5 Å². The average molecular weight is 213 g/mol. The highest BCUT2D eigenvalue weighted by Gasteiger charge is 2.23. The Labute approximate surface area is 86.5 Å². The van der Waals surface area contributed by atoms with E-state index in [-0.39, 0.29) is 17.2 Å². The number of ether oxygens (including phenoxy) is 3. The van der Waals surface area contributed by atoms with Crippen LogP contribution in [0.15, 0.2) is 12.1 Å². The van der Waals surface area contributed by atoms with Crippen LogP contribution in [0.3, 0.4) is 0 Å². The fraction of sp³-hybridized carbons (Fsp3) is 0.333. The SMILES string of the molecule is COc1cc(OC)c([N+](=O)[O-])c(OC)c1. The van der Waals surface area contributed by atoms with Crippen molar-refractivity contribution < 1.29 is 19.1 Å². The summed E-state index contributed by atoms with van der Waals surface area (Å²) in [4.78, 5) is 10.2. The lowest BCUT2D eigenvalue weighted by Crippen LogP contribution is -1.98. The van der Waals surface area contributed by atoms with Crippen LogP contribution in [0.1, 0.15) is 0 Å². The summed E-state index contributed by atoms with van der Waals surface area (Å²) in [6, 6.07) is 2.86. The van der Waals surface area contributed by atoms with Gasteiger partial charge in [0, 0.05) is 12.1 Å². The predicted molar refractivity (Wildman–Crippen MR) is 52.8 cm³/mol. The molecule has 0 saturated carbocycles. The minimum absolute atomic E-state index is 0.108. The van der Waals surface area contributed by atoms with Crippen LogP contribution in [0.5, 0.6) is 17.2 Å². The quantitative estimate of drug-likeness (QED) is 0.561. The summed E-state index contributed by atoms with van der Waals surface area (Å²) in [7, 11) is 4.16. The molecule has 15 heavy (non-hydrogen) atoms. The molecule has 1 rings (SSSR count). The third-order valence-electron chi connectivity index (χ3n) is 1.87. The Kier molecular flexibility index (Phi) is 3.33. The normalized spacial score (nSPS) is 9.53. The summed E-state index contributed by atoms with van der Waals surface area (Å²) >= 11 is 0. The average Bonchev–Trinajstić information content (AvgIpc) is 2.26. The summed E-state index contributed by atoms with van der Waals surface area (Å²) in [5.41, 5.74) is -0.208. The highest BCUT2D eigenvalue weighted by molar-refractivity contribution is 5.61. The zero-order valence-electron chi connectivity index (χ0n) is 8.64. The standard InChI is InChI=1S/C9H11NO5/c1-13-6-4-7(14-2)9(10(11)12)8(5-6)15-3/h4-5H,1-3H3. The lowest BCUT2D eigenvalue weighted by Gasteiger charge is -2.08. The third-order valence-corrected chi connectivity index (χ3v) is 1.87. The number of benzene rings is 1. The van der Waals surface area contributed by atoms with Gasteiger partial charge in [0.15, 0.2) is 0 Å². The van der Waals surface area contributed by atoms with E-state index < -0.39 is 4.92 Å². The highest BCUT2D eigenvalue weighted by Crippen LogP contribution is 2.40. The Morgan fingerprint density at radius 2 is 1.53 bits per heavy atom. The van der Waals surface area contributed by atoms with Crippen LogP contribution < -0.4 is 14.2 Å². The van der Waals surface area contributed by atoms with Crippen LogP contribution in [0.2, 0.25) is 0 Å². The molecule has 0 aliphatic carbocycles. The van der Waals surface area contributed by atoms with Crippen molar-refractivity contribution in [3.05, 3.63) is 22.2 Å². The molecule has 82 valence electrons. The van der Waals surface area contributed by atoms with E-state index in [1.54, 1.807) is 0 Å². The van der Waals surface area contributed by atoms with Crippen LogP contribution in [0.4, 0.5) is 5.69 Å².